The highest BCUT2D eigenvalue weighted by Gasteiger charge is 2.14. The van der Waals surface area contributed by atoms with Gasteiger partial charge in [-0.05, 0) is 55.5 Å². The van der Waals surface area contributed by atoms with E-state index in [1.807, 2.05) is 47.8 Å². The summed E-state index contributed by atoms with van der Waals surface area (Å²) in [7, 11) is 1.61. The second-order valence-corrected chi connectivity index (χ2v) is 8.41. The summed E-state index contributed by atoms with van der Waals surface area (Å²) >= 11 is 1.34. The first kappa shape index (κ1) is 21.5. The van der Waals surface area contributed by atoms with Crippen LogP contribution in [0.15, 0.2) is 83.0 Å². The lowest BCUT2D eigenvalue weighted by Crippen LogP contribution is -2.22. The molecule has 0 unspecified atom stereocenters. The zero-order valence-corrected chi connectivity index (χ0v) is 19.3. The van der Waals surface area contributed by atoms with Crippen molar-refractivity contribution in [1.82, 2.24) is 14.5 Å². The van der Waals surface area contributed by atoms with Gasteiger partial charge in [-0.2, -0.15) is 0 Å². The van der Waals surface area contributed by atoms with E-state index in [0.29, 0.717) is 33.1 Å². The number of fused-ring (bicyclic) bond motifs is 1. The molecule has 0 aliphatic heterocycles. The van der Waals surface area contributed by atoms with Crippen LogP contribution in [0.4, 0.5) is 5.13 Å². The lowest BCUT2D eigenvalue weighted by Gasteiger charge is -2.11. The number of anilines is 1. The van der Waals surface area contributed by atoms with Gasteiger partial charge in [0.1, 0.15) is 11.6 Å². The Morgan fingerprint density at radius 1 is 0.971 bits per heavy atom. The summed E-state index contributed by atoms with van der Waals surface area (Å²) in [4.78, 5) is 34.9. The molecule has 5 rings (SSSR count). The number of nitrogens with one attached hydrogen (secondary N) is 1. The molecular formula is C26H20N4O3S. The monoisotopic (exact) mass is 468 g/mol. The van der Waals surface area contributed by atoms with Crippen LogP contribution in [0.1, 0.15) is 16.2 Å². The van der Waals surface area contributed by atoms with Crippen LogP contribution in [0.5, 0.6) is 5.75 Å². The first-order valence-corrected chi connectivity index (χ1v) is 11.4. The lowest BCUT2D eigenvalue weighted by atomic mass is 10.1. The summed E-state index contributed by atoms with van der Waals surface area (Å²) < 4.78 is 6.94. The van der Waals surface area contributed by atoms with Crippen LogP contribution >= 0.6 is 11.3 Å². The van der Waals surface area contributed by atoms with Crippen molar-refractivity contribution in [3.8, 4) is 22.7 Å². The van der Waals surface area contributed by atoms with E-state index in [1.54, 1.807) is 48.9 Å². The fourth-order valence-electron chi connectivity index (χ4n) is 3.79. The standard InChI is InChI=1S/C26H20N4O3S/c1-16-27-21-9-5-3-8-20(21)25(32)30(16)18-13-11-17(12-14-18)24(31)29-26-28-22(15-34-26)19-7-4-6-10-23(19)33-2/h3-15H,1-2H3,(H,28,29,31). The van der Waals surface area contributed by atoms with E-state index in [4.69, 9.17) is 4.74 Å². The van der Waals surface area contributed by atoms with Crippen LogP contribution in [0, 0.1) is 6.92 Å². The third-order valence-corrected chi connectivity index (χ3v) is 6.20. The number of ether oxygens (including phenoxy) is 1. The Balaban J connectivity index is 1.38. The largest absolute Gasteiger partial charge is 0.496 e. The van der Waals surface area contributed by atoms with Crippen molar-refractivity contribution in [1.29, 1.82) is 0 Å². The number of hydrogen-bond donors (Lipinski definition) is 1. The van der Waals surface area contributed by atoms with E-state index < -0.39 is 0 Å². The Morgan fingerprint density at radius 3 is 2.50 bits per heavy atom. The lowest BCUT2D eigenvalue weighted by molar-refractivity contribution is 0.102. The van der Waals surface area contributed by atoms with Gasteiger partial charge < -0.3 is 4.74 Å². The van der Waals surface area contributed by atoms with Crippen molar-refractivity contribution in [3.05, 3.63) is 99.9 Å². The molecule has 0 aliphatic rings. The van der Waals surface area contributed by atoms with Gasteiger partial charge in [-0.15, -0.1) is 11.3 Å². The van der Waals surface area contributed by atoms with Crippen molar-refractivity contribution in [2.75, 3.05) is 12.4 Å². The van der Waals surface area contributed by atoms with Crippen molar-refractivity contribution >= 4 is 33.3 Å². The third-order valence-electron chi connectivity index (χ3n) is 5.44. The zero-order valence-electron chi connectivity index (χ0n) is 18.5. The average Bonchev–Trinajstić information content (AvgIpc) is 3.32. The minimum atomic E-state index is -0.284. The number of methoxy groups -OCH3 is 1. The third kappa shape index (κ3) is 3.95. The molecular weight excluding hydrogens is 448 g/mol. The Kier molecular flexibility index (Phi) is 5.65. The number of hydrogen-bond acceptors (Lipinski definition) is 6. The highest BCUT2D eigenvalue weighted by atomic mass is 32.1. The summed E-state index contributed by atoms with van der Waals surface area (Å²) in [6.45, 7) is 1.79. The normalized spacial score (nSPS) is 10.9. The maximum absolute atomic E-state index is 13.0. The predicted molar refractivity (Wildman–Crippen MR) is 134 cm³/mol. The number of rotatable bonds is 5. The molecule has 0 atom stereocenters. The number of aromatic nitrogens is 3. The van der Waals surface area contributed by atoms with Crippen molar-refractivity contribution in [2.45, 2.75) is 6.92 Å². The number of benzene rings is 3. The zero-order chi connectivity index (χ0) is 23.7. The summed E-state index contributed by atoms with van der Waals surface area (Å²) in [5.41, 5.74) is 3.20. The molecule has 0 aliphatic carbocycles. The summed E-state index contributed by atoms with van der Waals surface area (Å²) in [5, 5.41) is 5.74. The molecule has 2 aromatic heterocycles. The Morgan fingerprint density at radius 2 is 1.71 bits per heavy atom. The second-order valence-electron chi connectivity index (χ2n) is 7.56. The molecule has 168 valence electrons. The molecule has 0 radical (unpaired) electrons. The molecule has 0 spiro atoms. The molecule has 0 bridgehead atoms. The average molecular weight is 469 g/mol. The van der Waals surface area contributed by atoms with E-state index >= 15 is 0 Å². The molecule has 3 aromatic carbocycles. The molecule has 34 heavy (non-hydrogen) atoms. The van der Waals surface area contributed by atoms with E-state index in [9.17, 15) is 9.59 Å². The van der Waals surface area contributed by atoms with Gasteiger partial charge in [0.15, 0.2) is 5.13 Å². The smallest absolute Gasteiger partial charge is 0.265 e. The van der Waals surface area contributed by atoms with Gasteiger partial charge in [-0.3, -0.25) is 19.5 Å². The van der Waals surface area contributed by atoms with E-state index in [0.717, 1.165) is 17.0 Å². The minimum absolute atomic E-state index is 0.146. The van der Waals surface area contributed by atoms with Crippen molar-refractivity contribution < 1.29 is 9.53 Å². The van der Waals surface area contributed by atoms with E-state index in [-0.39, 0.29) is 11.5 Å². The van der Waals surface area contributed by atoms with Crippen molar-refractivity contribution in [2.24, 2.45) is 0 Å². The number of para-hydroxylation sites is 2. The summed E-state index contributed by atoms with van der Waals surface area (Å²) in [6.07, 6.45) is 0. The van der Waals surface area contributed by atoms with E-state index in [2.05, 4.69) is 15.3 Å². The fourth-order valence-corrected chi connectivity index (χ4v) is 4.50. The second kappa shape index (κ2) is 8.92. The van der Waals surface area contributed by atoms with Crippen LogP contribution in [0.2, 0.25) is 0 Å². The van der Waals surface area contributed by atoms with Crippen LogP contribution in [0.25, 0.3) is 27.8 Å². The van der Waals surface area contributed by atoms with Crippen LogP contribution in [-0.2, 0) is 0 Å². The van der Waals surface area contributed by atoms with Gasteiger partial charge in [-0.25, -0.2) is 9.97 Å². The molecule has 5 aromatic rings. The molecule has 0 fully saturated rings. The number of carbonyl (C=O) groups is 1. The Labute approximate surface area is 199 Å². The van der Waals surface area contributed by atoms with Crippen LogP contribution < -0.4 is 15.6 Å². The topological polar surface area (TPSA) is 86.1 Å². The predicted octanol–water partition coefficient (Wildman–Crippen LogP) is 5.08. The highest BCUT2D eigenvalue weighted by Crippen LogP contribution is 2.32. The van der Waals surface area contributed by atoms with Crippen molar-refractivity contribution in [3.63, 3.8) is 0 Å². The maximum Gasteiger partial charge on any atom is 0.265 e. The summed E-state index contributed by atoms with van der Waals surface area (Å²) in [6, 6.07) is 21.7. The first-order chi connectivity index (χ1) is 16.5. The summed E-state index contributed by atoms with van der Waals surface area (Å²) in [5.74, 6) is 1.01. The van der Waals surface area contributed by atoms with Gasteiger partial charge in [0.2, 0.25) is 0 Å². The minimum Gasteiger partial charge on any atom is -0.496 e. The molecule has 2 heterocycles. The van der Waals surface area contributed by atoms with Gasteiger partial charge in [0.25, 0.3) is 11.5 Å². The van der Waals surface area contributed by atoms with Gasteiger partial charge in [0.05, 0.1) is 29.4 Å². The molecule has 0 saturated carbocycles. The van der Waals surface area contributed by atoms with Gasteiger partial charge in [0, 0.05) is 16.5 Å². The number of aryl methyl sites for hydroxylation is 1. The highest BCUT2D eigenvalue weighted by molar-refractivity contribution is 7.14. The van der Waals surface area contributed by atoms with Gasteiger partial charge in [-0.1, -0.05) is 24.3 Å². The van der Waals surface area contributed by atoms with Crippen LogP contribution in [-0.4, -0.2) is 27.6 Å². The maximum atomic E-state index is 13.0. The molecule has 1 N–H and O–H groups in total. The quantitative estimate of drug-likeness (QED) is 0.389. The number of thiazole rings is 1. The number of carbonyl (C=O) groups excluding carboxylic acids is 1. The number of nitrogens with zero attached hydrogens (tertiary/aromatic N) is 3. The fraction of sp³-hybridized carbons (Fsp3) is 0.0769. The number of amides is 1. The molecule has 7 nitrogen and oxygen atoms in total. The van der Waals surface area contributed by atoms with E-state index in [1.165, 1.54) is 11.3 Å². The van der Waals surface area contributed by atoms with Gasteiger partial charge >= 0.3 is 0 Å². The molecule has 8 heteroatoms. The molecule has 1 amide bonds. The first-order valence-electron chi connectivity index (χ1n) is 10.5. The SMILES string of the molecule is COc1ccccc1-c1csc(NC(=O)c2ccc(-n3c(C)nc4ccccc4c3=O)cc2)n1. The molecule has 0 saturated heterocycles. The Hall–Kier alpha value is -4.30. The Bertz CT molecular complexity index is 1570. The van der Waals surface area contributed by atoms with Crippen LogP contribution in [0.3, 0.4) is 0 Å².